The second-order valence-electron chi connectivity index (χ2n) is 4.85. The van der Waals surface area contributed by atoms with Crippen LogP contribution in [0.2, 0.25) is 0 Å². The largest absolute Gasteiger partial charge is 0.207 e. The van der Waals surface area contributed by atoms with Crippen LogP contribution in [-0.4, -0.2) is 5.88 Å². The van der Waals surface area contributed by atoms with Crippen molar-refractivity contribution in [3.63, 3.8) is 0 Å². The molecule has 0 spiro atoms. The van der Waals surface area contributed by atoms with Gasteiger partial charge in [0, 0.05) is 11.8 Å². The SMILES string of the molecule is Cc1ccc(C(CCCCl)c2ccc(F)cc2)cc1. The molecule has 0 N–H and O–H groups in total. The average molecular weight is 277 g/mol. The summed E-state index contributed by atoms with van der Waals surface area (Å²) in [6.07, 6.45) is 1.94. The standard InChI is InChI=1S/C17H18ClF/c1-13-4-6-14(7-5-13)17(3-2-12-18)15-8-10-16(19)11-9-15/h4-11,17H,2-3,12H2,1H3. The number of rotatable bonds is 5. The first-order valence-electron chi connectivity index (χ1n) is 6.58. The number of hydrogen-bond acceptors (Lipinski definition) is 0. The molecule has 0 aliphatic rings. The van der Waals surface area contributed by atoms with Crippen LogP contribution in [-0.2, 0) is 0 Å². The fourth-order valence-corrected chi connectivity index (χ4v) is 2.46. The minimum atomic E-state index is -0.191. The third-order valence-corrected chi connectivity index (χ3v) is 3.65. The molecular weight excluding hydrogens is 259 g/mol. The molecule has 0 aliphatic heterocycles. The van der Waals surface area contributed by atoms with Gasteiger partial charge in [0.25, 0.3) is 0 Å². The van der Waals surface area contributed by atoms with Gasteiger partial charge in [-0.25, -0.2) is 4.39 Å². The quantitative estimate of drug-likeness (QED) is 0.651. The first-order valence-corrected chi connectivity index (χ1v) is 7.12. The van der Waals surface area contributed by atoms with Crippen LogP contribution in [0.25, 0.3) is 0 Å². The molecule has 0 aromatic heterocycles. The summed E-state index contributed by atoms with van der Waals surface area (Å²) in [4.78, 5) is 0. The van der Waals surface area contributed by atoms with E-state index in [1.807, 2.05) is 12.1 Å². The zero-order chi connectivity index (χ0) is 13.7. The van der Waals surface area contributed by atoms with Crippen molar-refractivity contribution in [2.24, 2.45) is 0 Å². The van der Waals surface area contributed by atoms with Crippen molar-refractivity contribution in [1.29, 1.82) is 0 Å². The summed E-state index contributed by atoms with van der Waals surface area (Å²) < 4.78 is 13.0. The fraction of sp³-hybridized carbons (Fsp3) is 0.294. The predicted octanol–water partition coefficient (Wildman–Crippen LogP) is 5.29. The topological polar surface area (TPSA) is 0 Å². The van der Waals surface area contributed by atoms with E-state index in [0.29, 0.717) is 11.8 Å². The molecule has 2 heteroatoms. The van der Waals surface area contributed by atoms with Gasteiger partial charge in [0.15, 0.2) is 0 Å². The summed E-state index contributed by atoms with van der Waals surface area (Å²) in [5, 5.41) is 0. The molecule has 2 rings (SSSR count). The second kappa shape index (κ2) is 6.72. The summed E-state index contributed by atoms with van der Waals surface area (Å²) in [5.74, 6) is 0.757. The van der Waals surface area contributed by atoms with Gasteiger partial charge in [-0.2, -0.15) is 0 Å². The van der Waals surface area contributed by atoms with Crippen molar-refractivity contribution in [2.45, 2.75) is 25.7 Å². The van der Waals surface area contributed by atoms with Crippen molar-refractivity contribution in [1.82, 2.24) is 0 Å². The van der Waals surface area contributed by atoms with E-state index in [1.165, 1.54) is 23.3 Å². The molecule has 0 saturated heterocycles. The predicted molar refractivity (Wildman–Crippen MR) is 79.4 cm³/mol. The summed E-state index contributed by atoms with van der Waals surface area (Å²) in [6, 6.07) is 15.3. The van der Waals surface area contributed by atoms with Crippen LogP contribution in [0.3, 0.4) is 0 Å². The molecule has 0 heterocycles. The Kier molecular flexibility index (Phi) is 4.98. The van der Waals surface area contributed by atoms with Gasteiger partial charge in [0.1, 0.15) is 5.82 Å². The Morgan fingerprint density at radius 1 is 0.947 bits per heavy atom. The maximum atomic E-state index is 13.0. The molecule has 0 saturated carbocycles. The number of alkyl halides is 1. The Balaban J connectivity index is 2.29. The summed E-state index contributed by atoms with van der Waals surface area (Å²) >= 11 is 5.81. The Hall–Kier alpha value is -1.34. The van der Waals surface area contributed by atoms with Gasteiger partial charge in [0.05, 0.1) is 0 Å². The normalized spacial score (nSPS) is 12.4. The van der Waals surface area contributed by atoms with Crippen LogP contribution < -0.4 is 0 Å². The Labute approximate surface area is 119 Å². The first-order chi connectivity index (χ1) is 9.20. The minimum absolute atomic E-state index is 0.191. The molecular formula is C17H18ClF. The van der Waals surface area contributed by atoms with Gasteiger partial charge < -0.3 is 0 Å². The van der Waals surface area contributed by atoms with Crippen LogP contribution in [0.15, 0.2) is 48.5 Å². The molecule has 2 aromatic carbocycles. The van der Waals surface area contributed by atoms with Gasteiger partial charge in [-0.3, -0.25) is 0 Å². The third kappa shape index (κ3) is 3.81. The van der Waals surface area contributed by atoms with E-state index < -0.39 is 0 Å². The molecule has 0 aliphatic carbocycles. The molecule has 19 heavy (non-hydrogen) atoms. The Morgan fingerprint density at radius 2 is 1.47 bits per heavy atom. The summed E-state index contributed by atoms with van der Waals surface area (Å²) in [7, 11) is 0. The maximum Gasteiger partial charge on any atom is 0.123 e. The van der Waals surface area contributed by atoms with Crippen molar-refractivity contribution < 1.29 is 4.39 Å². The monoisotopic (exact) mass is 276 g/mol. The van der Waals surface area contributed by atoms with Crippen LogP contribution >= 0.6 is 11.6 Å². The van der Waals surface area contributed by atoms with Gasteiger partial charge in [-0.1, -0.05) is 42.0 Å². The molecule has 0 radical (unpaired) electrons. The zero-order valence-electron chi connectivity index (χ0n) is 11.1. The van der Waals surface area contributed by atoms with E-state index in [2.05, 4.69) is 31.2 Å². The average Bonchev–Trinajstić information content (AvgIpc) is 2.43. The van der Waals surface area contributed by atoms with Crippen molar-refractivity contribution in [3.05, 3.63) is 71.0 Å². The zero-order valence-corrected chi connectivity index (χ0v) is 11.8. The van der Waals surface area contributed by atoms with Crippen molar-refractivity contribution in [3.8, 4) is 0 Å². The molecule has 0 fully saturated rings. The molecule has 1 unspecified atom stereocenters. The summed E-state index contributed by atoms with van der Waals surface area (Å²) in [5.41, 5.74) is 3.66. The molecule has 100 valence electrons. The van der Waals surface area contributed by atoms with Crippen molar-refractivity contribution >= 4 is 11.6 Å². The minimum Gasteiger partial charge on any atom is -0.207 e. The van der Waals surface area contributed by atoms with Gasteiger partial charge in [-0.05, 0) is 43.0 Å². The lowest BCUT2D eigenvalue weighted by molar-refractivity contribution is 0.624. The Bertz CT molecular complexity index is 456. The molecule has 2 aromatic rings. The van der Waals surface area contributed by atoms with E-state index >= 15 is 0 Å². The van der Waals surface area contributed by atoms with Gasteiger partial charge in [-0.15, -0.1) is 11.6 Å². The van der Waals surface area contributed by atoms with Gasteiger partial charge >= 0.3 is 0 Å². The van der Waals surface area contributed by atoms with Crippen LogP contribution in [0.1, 0.15) is 35.4 Å². The number of halogens is 2. The summed E-state index contributed by atoms with van der Waals surface area (Å²) in [6.45, 7) is 2.08. The lowest BCUT2D eigenvalue weighted by Gasteiger charge is -2.18. The van der Waals surface area contributed by atoms with Gasteiger partial charge in [0.2, 0.25) is 0 Å². The lowest BCUT2D eigenvalue weighted by Crippen LogP contribution is -2.02. The van der Waals surface area contributed by atoms with E-state index in [9.17, 15) is 4.39 Å². The van der Waals surface area contributed by atoms with Crippen LogP contribution in [0.5, 0.6) is 0 Å². The highest BCUT2D eigenvalue weighted by molar-refractivity contribution is 6.17. The number of hydrogen-bond donors (Lipinski definition) is 0. The number of benzene rings is 2. The maximum absolute atomic E-state index is 13.0. The van der Waals surface area contributed by atoms with E-state index in [-0.39, 0.29) is 5.82 Å². The van der Waals surface area contributed by atoms with Crippen LogP contribution in [0, 0.1) is 12.7 Å². The smallest absolute Gasteiger partial charge is 0.123 e. The molecule has 0 nitrogen and oxygen atoms in total. The highest BCUT2D eigenvalue weighted by Gasteiger charge is 2.13. The second-order valence-corrected chi connectivity index (χ2v) is 5.22. The molecule has 0 amide bonds. The highest BCUT2D eigenvalue weighted by Crippen LogP contribution is 2.29. The number of aryl methyl sites for hydroxylation is 1. The van der Waals surface area contributed by atoms with E-state index in [4.69, 9.17) is 11.6 Å². The highest BCUT2D eigenvalue weighted by atomic mass is 35.5. The van der Waals surface area contributed by atoms with E-state index in [1.54, 1.807) is 0 Å². The third-order valence-electron chi connectivity index (χ3n) is 3.38. The molecule has 0 bridgehead atoms. The van der Waals surface area contributed by atoms with Crippen LogP contribution in [0.4, 0.5) is 4.39 Å². The Morgan fingerprint density at radius 3 is 2.00 bits per heavy atom. The fourth-order valence-electron chi connectivity index (χ4n) is 2.30. The molecule has 1 atom stereocenters. The first kappa shape index (κ1) is 14.1. The lowest BCUT2D eigenvalue weighted by atomic mass is 9.87. The van der Waals surface area contributed by atoms with E-state index in [0.717, 1.165) is 18.4 Å². The van der Waals surface area contributed by atoms with Crippen molar-refractivity contribution in [2.75, 3.05) is 5.88 Å².